The van der Waals surface area contributed by atoms with Crippen molar-refractivity contribution < 1.29 is 62.3 Å². The Balaban J connectivity index is 1.22. The van der Waals surface area contributed by atoms with Gasteiger partial charge in [0.25, 0.3) is 0 Å². The van der Waals surface area contributed by atoms with E-state index in [-0.39, 0.29) is 88.7 Å². The molecule has 0 saturated carbocycles. The molecule has 364 valence electrons. The normalized spacial score (nSPS) is 17.4. The van der Waals surface area contributed by atoms with Crippen molar-refractivity contribution in [3.8, 4) is 16.9 Å². The molecule has 2 aliphatic heterocycles. The summed E-state index contributed by atoms with van der Waals surface area (Å²) >= 11 is 0. The maximum atomic E-state index is 14.8. The third-order valence-electron chi connectivity index (χ3n) is 11.7. The number of hydrogen-bond acceptors (Lipinski definition) is 11. The molecule has 0 unspecified atom stereocenters. The molecule has 1 amide bonds. The van der Waals surface area contributed by atoms with E-state index in [0.717, 1.165) is 34.7 Å². The summed E-state index contributed by atoms with van der Waals surface area (Å²) < 4.78 is 50.6. The molecule has 0 aromatic heterocycles. The number of nitrogens with one attached hydrogen (secondary N) is 1. The Morgan fingerprint density at radius 2 is 1.33 bits per heavy atom. The molecule has 1 atom stereocenters. The number of amides is 1. The summed E-state index contributed by atoms with van der Waals surface area (Å²) in [5.74, 6) is -4.53. The summed E-state index contributed by atoms with van der Waals surface area (Å²) in [6.45, 7) is 1.76. The van der Waals surface area contributed by atoms with Gasteiger partial charge in [-0.3, -0.25) is 48.5 Å². The van der Waals surface area contributed by atoms with Crippen LogP contribution in [0, 0.1) is 6.92 Å². The first-order valence-corrected chi connectivity index (χ1v) is 22.4. The van der Waals surface area contributed by atoms with Gasteiger partial charge in [-0.1, -0.05) is 79.9 Å². The fourth-order valence-electron chi connectivity index (χ4n) is 8.55. The number of hydrogen-bond donors (Lipinski definition) is 5. The van der Waals surface area contributed by atoms with E-state index in [9.17, 15) is 57.6 Å². The van der Waals surface area contributed by atoms with Crippen molar-refractivity contribution >= 4 is 41.9 Å². The van der Waals surface area contributed by atoms with Crippen LogP contribution in [0.2, 0.25) is 0 Å². The van der Waals surface area contributed by atoms with E-state index < -0.39 is 48.2 Å². The number of halogens is 3. The lowest BCUT2D eigenvalue weighted by Crippen LogP contribution is -2.50. The summed E-state index contributed by atoms with van der Waals surface area (Å²) in [5, 5.41) is 41.1. The van der Waals surface area contributed by atoms with E-state index in [4.69, 9.17) is 4.74 Å². The smallest absolute Gasteiger partial charge is 0.417 e. The number of alkyl halides is 3. The molecule has 3 aromatic carbocycles. The van der Waals surface area contributed by atoms with Gasteiger partial charge in [-0.15, -0.1) is 0 Å². The minimum atomic E-state index is -4.71. The Morgan fingerprint density at radius 1 is 0.716 bits per heavy atom. The van der Waals surface area contributed by atoms with Gasteiger partial charge in [0.1, 0.15) is 11.8 Å². The SMILES string of the molecule is Cc1c(/C=C/c2cc(OCCCCCCNC(=O)CN3CN(CC(=O)O)CCN(CC(=O)O)CN(CC(=O)O)C3)c(CN3CCCC[C@H]3C(=O)O)cc2C(F)(F)F)cccc1-c1ccccc1. The second kappa shape index (κ2) is 25.3. The molecule has 2 fully saturated rings. The van der Waals surface area contributed by atoms with E-state index in [0.29, 0.717) is 51.6 Å². The van der Waals surface area contributed by atoms with Gasteiger partial charge in [0.15, 0.2) is 0 Å². The van der Waals surface area contributed by atoms with Crippen molar-refractivity contribution in [2.75, 3.05) is 79.0 Å². The van der Waals surface area contributed by atoms with E-state index in [1.807, 2.05) is 55.5 Å². The van der Waals surface area contributed by atoms with Crippen LogP contribution in [0.25, 0.3) is 23.3 Å². The monoisotopic (exact) mass is 938 g/mol. The molecule has 2 aliphatic rings. The van der Waals surface area contributed by atoms with Crippen LogP contribution in [0.15, 0.2) is 60.7 Å². The van der Waals surface area contributed by atoms with Gasteiger partial charge in [0, 0.05) is 31.7 Å². The molecule has 0 spiro atoms. The van der Waals surface area contributed by atoms with Crippen LogP contribution in [0.1, 0.15) is 72.8 Å². The zero-order chi connectivity index (χ0) is 48.5. The van der Waals surface area contributed by atoms with Crippen LogP contribution in [0.4, 0.5) is 13.2 Å². The number of nitrogens with zero attached hydrogens (tertiary/aromatic N) is 5. The number of rotatable bonds is 22. The number of carboxylic acids is 4. The quantitative estimate of drug-likeness (QED) is 0.0607. The Hall–Kier alpha value is -5.86. The molecule has 2 saturated heterocycles. The average Bonchev–Trinajstić information content (AvgIpc) is 3.32. The van der Waals surface area contributed by atoms with Gasteiger partial charge >= 0.3 is 30.1 Å². The van der Waals surface area contributed by atoms with Crippen LogP contribution in [-0.4, -0.2) is 160 Å². The summed E-state index contributed by atoms with van der Waals surface area (Å²) in [6, 6.07) is 17.0. The van der Waals surface area contributed by atoms with Crippen LogP contribution < -0.4 is 10.1 Å². The van der Waals surface area contributed by atoms with E-state index in [2.05, 4.69) is 5.32 Å². The van der Waals surface area contributed by atoms with E-state index in [1.54, 1.807) is 20.8 Å². The minimum absolute atomic E-state index is 0.0202. The van der Waals surface area contributed by atoms with Gasteiger partial charge in [-0.05, 0) is 79.1 Å². The van der Waals surface area contributed by atoms with Crippen molar-refractivity contribution in [2.24, 2.45) is 0 Å². The first-order valence-electron chi connectivity index (χ1n) is 22.4. The topological polar surface area (TPSA) is 204 Å². The van der Waals surface area contributed by atoms with Crippen molar-refractivity contribution in [1.82, 2.24) is 29.8 Å². The number of carboxylic acid groups (broad SMARTS) is 4. The van der Waals surface area contributed by atoms with Gasteiger partial charge in [0.2, 0.25) is 5.91 Å². The maximum Gasteiger partial charge on any atom is 0.417 e. The highest BCUT2D eigenvalue weighted by molar-refractivity contribution is 5.79. The highest BCUT2D eigenvalue weighted by Gasteiger charge is 2.36. The predicted octanol–water partition coefficient (Wildman–Crippen LogP) is 5.69. The van der Waals surface area contributed by atoms with Crippen LogP contribution >= 0.6 is 0 Å². The van der Waals surface area contributed by atoms with Crippen molar-refractivity contribution in [3.05, 3.63) is 88.5 Å². The summed E-state index contributed by atoms with van der Waals surface area (Å²) in [4.78, 5) is 67.7. The largest absolute Gasteiger partial charge is 0.493 e. The number of unbranched alkanes of at least 4 members (excludes halogenated alkanes) is 3. The molecule has 67 heavy (non-hydrogen) atoms. The third kappa shape index (κ3) is 16.8. The molecule has 0 aliphatic carbocycles. The van der Waals surface area contributed by atoms with E-state index in [1.165, 1.54) is 21.9 Å². The second-order valence-corrected chi connectivity index (χ2v) is 17.1. The van der Waals surface area contributed by atoms with E-state index >= 15 is 0 Å². The lowest BCUT2D eigenvalue weighted by atomic mass is 9.95. The summed E-state index contributed by atoms with van der Waals surface area (Å²) in [7, 11) is 0. The van der Waals surface area contributed by atoms with Gasteiger partial charge in [0.05, 0.1) is 58.4 Å². The lowest BCUT2D eigenvalue weighted by Gasteiger charge is -2.33. The second-order valence-electron chi connectivity index (χ2n) is 17.1. The maximum absolute atomic E-state index is 14.8. The lowest BCUT2D eigenvalue weighted by molar-refractivity contribution is -0.145. The number of carbonyl (C=O) groups excluding carboxylic acids is 1. The van der Waals surface area contributed by atoms with Crippen molar-refractivity contribution in [1.29, 1.82) is 0 Å². The Kier molecular flexibility index (Phi) is 19.7. The number of likely N-dealkylation sites (tertiary alicyclic amines) is 1. The first-order chi connectivity index (χ1) is 32.0. The molecule has 3 aromatic rings. The fraction of sp³-hybridized carbons (Fsp3) is 0.479. The minimum Gasteiger partial charge on any atom is -0.493 e. The molecule has 2 heterocycles. The summed E-state index contributed by atoms with van der Waals surface area (Å²) in [5.41, 5.74) is 2.90. The highest BCUT2D eigenvalue weighted by atomic mass is 19.4. The third-order valence-corrected chi connectivity index (χ3v) is 11.7. The number of ether oxygens (including phenoxy) is 1. The van der Waals surface area contributed by atoms with Crippen LogP contribution in [0.3, 0.4) is 0 Å². The molecule has 19 heteroatoms. The molecule has 5 N–H and O–H groups in total. The molecular formula is C48H61F3N6O10. The first kappa shape index (κ1) is 52.1. The average molecular weight is 939 g/mol. The van der Waals surface area contributed by atoms with Gasteiger partial charge < -0.3 is 30.5 Å². The summed E-state index contributed by atoms with van der Waals surface area (Å²) in [6.07, 6.45) is 2.68. The van der Waals surface area contributed by atoms with Crippen molar-refractivity contribution in [3.63, 3.8) is 0 Å². The number of benzene rings is 3. The number of piperidine rings is 1. The van der Waals surface area contributed by atoms with Crippen LogP contribution in [-0.2, 0) is 36.7 Å². The Morgan fingerprint density at radius 3 is 1.97 bits per heavy atom. The van der Waals surface area contributed by atoms with Gasteiger partial charge in [-0.2, -0.15) is 13.2 Å². The molecule has 0 bridgehead atoms. The molecule has 0 radical (unpaired) electrons. The Labute approximate surface area is 388 Å². The van der Waals surface area contributed by atoms with Crippen molar-refractivity contribution in [2.45, 2.75) is 70.6 Å². The Bertz CT molecular complexity index is 2190. The number of aliphatic carboxylic acids is 4. The molecular weight excluding hydrogens is 878 g/mol. The highest BCUT2D eigenvalue weighted by Crippen LogP contribution is 2.38. The van der Waals surface area contributed by atoms with Gasteiger partial charge in [-0.25, -0.2) is 0 Å². The molecule has 5 rings (SSSR count). The standard InChI is InChI=1S/C48H61F3N6O10/c1-34-35(14-11-15-39(34)36-12-5-4-6-13-36)17-18-37-25-42(38(24-40(37)48(49,50)51)26-57-20-9-7-16-41(57)47(65)66)67-23-10-3-2-8-19-52-43(58)27-55-31-53(28-44(59)60)21-22-54(29-45(61)62)32-56(33-55)30-46(63)64/h4-6,11-15,17-18,24-25,41H,2-3,7-10,16,19-23,26-33H2,1H3,(H,52,58)(H,59,60)(H,61,62)(H,63,64)(H,65,66)/b18-17+/t41-/m0/s1. The molecule has 16 nitrogen and oxygen atoms in total. The van der Waals surface area contributed by atoms with Crippen LogP contribution in [0.5, 0.6) is 5.75 Å². The predicted molar refractivity (Wildman–Crippen MR) is 244 cm³/mol. The number of carbonyl (C=O) groups is 5. The zero-order valence-electron chi connectivity index (χ0n) is 37.8. The fourth-order valence-corrected chi connectivity index (χ4v) is 8.55. The zero-order valence-corrected chi connectivity index (χ0v) is 37.8.